The van der Waals surface area contributed by atoms with Gasteiger partial charge in [-0.3, -0.25) is 0 Å². The fraction of sp³-hybridized carbons (Fsp3) is 0.200. The Bertz CT molecular complexity index is 555. The third-order valence-electron chi connectivity index (χ3n) is 3.00. The summed E-state index contributed by atoms with van der Waals surface area (Å²) >= 11 is 0. The minimum absolute atomic E-state index is 0.284. The Labute approximate surface area is 111 Å². The molecule has 1 unspecified atom stereocenters. The lowest BCUT2D eigenvalue weighted by molar-refractivity contribution is 0.350. The molecule has 0 radical (unpaired) electrons. The second-order valence-electron chi connectivity index (χ2n) is 4.11. The monoisotopic (exact) mass is 261 g/mol. The summed E-state index contributed by atoms with van der Waals surface area (Å²) in [5, 5.41) is 0. The molecule has 0 fully saturated rings. The summed E-state index contributed by atoms with van der Waals surface area (Å²) in [4.78, 5) is 0. The van der Waals surface area contributed by atoms with Crippen molar-refractivity contribution < 1.29 is 13.9 Å². The molecule has 0 spiro atoms. The molecule has 2 aromatic carbocycles. The zero-order valence-corrected chi connectivity index (χ0v) is 10.9. The fourth-order valence-electron chi connectivity index (χ4n) is 2.01. The maximum Gasteiger partial charge on any atom is 0.165 e. The van der Waals surface area contributed by atoms with Gasteiger partial charge >= 0.3 is 0 Å². The van der Waals surface area contributed by atoms with E-state index in [2.05, 4.69) is 0 Å². The molecule has 0 aliphatic rings. The quantitative estimate of drug-likeness (QED) is 0.920. The molecule has 1 atom stereocenters. The second kappa shape index (κ2) is 5.71. The second-order valence-corrected chi connectivity index (χ2v) is 4.11. The minimum atomic E-state index is -0.398. The van der Waals surface area contributed by atoms with Gasteiger partial charge in [-0.15, -0.1) is 0 Å². The van der Waals surface area contributed by atoms with Gasteiger partial charge < -0.3 is 15.2 Å². The van der Waals surface area contributed by atoms with E-state index in [0.29, 0.717) is 11.5 Å². The Morgan fingerprint density at radius 2 is 1.68 bits per heavy atom. The Balaban J connectivity index is 2.43. The SMILES string of the molecule is COc1cccc(C(N)c2ccc(F)cc2)c1OC. The topological polar surface area (TPSA) is 44.5 Å². The highest BCUT2D eigenvalue weighted by Gasteiger charge is 2.17. The lowest BCUT2D eigenvalue weighted by atomic mass is 9.98. The summed E-state index contributed by atoms with van der Waals surface area (Å²) in [7, 11) is 3.14. The van der Waals surface area contributed by atoms with Crippen molar-refractivity contribution in [2.75, 3.05) is 14.2 Å². The lowest BCUT2D eigenvalue weighted by Gasteiger charge is -2.18. The molecular weight excluding hydrogens is 245 g/mol. The van der Waals surface area contributed by atoms with Crippen LogP contribution in [0, 0.1) is 5.82 Å². The number of hydrogen-bond acceptors (Lipinski definition) is 3. The van der Waals surface area contributed by atoms with Gasteiger partial charge in [0.1, 0.15) is 5.82 Å². The number of hydrogen-bond donors (Lipinski definition) is 1. The van der Waals surface area contributed by atoms with Gasteiger partial charge in [0.25, 0.3) is 0 Å². The molecule has 0 aromatic heterocycles. The summed E-state index contributed by atoms with van der Waals surface area (Å²) in [5.41, 5.74) is 7.82. The molecule has 0 amide bonds. The van der Waals surface area contributed by atoms with Crippen LogP contribution in [0.15, 0.2) is 42.5 Å². The summed E-state index contributed by atoms with van der Waals surface area (Å²) in [6.45, 7) is 0. The Morgan fingerprint density at radius 3 is 2.26 bits per heavy atom. The zero-order chi connectivity index (χ0) is 13.8. The van der Waals surface area contributed by atoms with Crippen molar-refractivity contribution in [2.24, 2.45) is 5.73 Å². The van der Waals surface area contributed by atoms with E-state index in [9.17, 15) is 4.39 Å². The van der Waals surface area contributed by atoms with Crippen LogP contribution in [0.5, 0.6) is 11.5 Å². The van der Waals surface area contributed by atoms with E-state index in [4.69, 9.17) is 15.2 Å². The van der Waals surface area contributed by atoms with Crippen LogP contribution in [0.1, 0.15) is 17.2 Å². The molecule has 0 heterocycles. The number of benzene rings is 2. The first-order valence-electron chi connectivity index (χ1n) is 5.89. The van der Waals surface area contributed by atoms with Crippen LogP contribution in [0.4, 0.5) is 4.39 Å². The Morgan fingerprint density at radius 1 is 1.00 bits per heavy atom. The van der Waals surface area contributed by atoms with Gasteiger partial charge in [-0.05, 0) is 23.8 Å². The number of para-hydroxylation sites is 1. The van der Waals surface area contributed by atoms with Gasteiger partial charge in [0, 0.05) is 5.56 Å². The number of nitrogens with two attached hydrogens (primary N) is 1. The van der Waals surface area contributed by atoms with Gasteiger partial charge in [0.05, 0.1) is 20.3 Å². The molecule has 2 N–H and O–H groups in total. The fourth-order valence-corrected chi connectivity index (χ4v) is 2.01. The maximum atomic E-state index is 12.9. The molecule has 2 aromatic rings. The standard InChI is InChI=1S/C15H16FNO2/c1-18-13-5-3-4-12(15(13)19-2)14(17)10-6-8-11(16)9-7-10/h3-9,14H,17H2,1-2H3. The molecule has 0 saturated heterocycles. The molecule has 100 valence electrons. The summed E-state index contributed by atoms with van der Waals surface area (Å²) in [6, 6.07) is 11.2. The van der Waals surface area contributed by atoms with Crippen molar-refractivity contribution in [3.05, 3.63) is 59.4 Å². The normalized spacial score (nSPS) is 12.0. The van der Waals surface area contributed by atoms with Crippen molar-refractivity contribution >= 4 is 0 Å². The van der Waals surface area contributed by atoms with E-state index in [1.54, 1.807) is 32.4 Å². The molecule has 0 aliphatic carbocycles. The van der Waals surface area contributed by atoms with E-state index in [0.717, 1.165) is 11.1 Å². The van der Waals surface area contributed by atoms with Gasteiger partial charge in [-0.2, -0.15) is 0 Å². The van der Waals surface area contributed by atoms with Gasteiger partial charge in [-0.1, -0.05) is 24.3 Å². The van der Waals surface area contributed by atoms with Crippen LogP contribution < -0.4 is 15.2 Å². The summed E-state index contributed by atoms with van der Waals surface area (Å²) < 4.78 is 23.5. The van der Waals surface area contributed by atoms with Crippen molar-refractivity contribution in [3.8, 4) is 11.5 Å². The lowest BCUT2D eigenvalue weighted by Crippen LogP contribution is -2.13. The molecule has 0 bridgehead atoms. The Hall–Kier alpha value is -2.07. The molecule has 0 saturated carbocycles. The average molecular weight is 261 g/mol. The van der Waals surface area contributed by atoms with Gasteiger partial charge in [-0.25, -0.2) is 4.39 Å². The van der Waals surface area contributed by atoms with Gasteiger partial charge in [0.15, 0.2) is 11.5 Å². The molecule has 2 rings (SSSR count). The molecule has 4 heteroatoms. The highest BCUT2D eigenvalue weighted by atomic mass is 19.1. The number of ether oxygens (including phenoxy) is 2. The van der Waals surface area contributed by atoms with E-state index < -0.39 is 6.04 Å². The number of methoxy groups -OCH3 is 2. The first-order valence-corrected chi connectivity index (χ1v) is 5.89. The van der Waals surface area contributed by atoms with Crippen molar-refractivity contribution in [1.82, 2.24) is 0 Å². The van der Waals surface area contributed by atoms with Gasteiger partial charge in [0.2, 0.25) is 0 Å². The number of halogens is 1. The summed E-state index contributed by atoms with van der Waals surface area (Å²) in [6.07, 6.45) is 0. The van der Waals surface area contributed by atoms with Crippen LogP contribution in [0.2, 0.25) is 0 Å². The summed E-state index contributed by atoms with van der Waals surface area (Å²) in [5.74, 6) is 0.938. The largest absolute Gasteiger partial charge is 0.493 e. The van der Waals surface area contributed by atoms with E-state index in [1.165, 1.54) is 12.1 Å². The maximum absolute atomic E-state index is 12.9. The van der Waals surface area contributed by atoms with Crippen LogP contribution in [0.3, 0.4) is 0 Å². The predicted molar refractivity (Wildman–Crippen MR) is 72.0 cm³/mol. The zero-order valence-electron chi connectivity index (χ0n) is 10.9. The smallest absolute Gasteiger partial charge is 0.165 e. The minimum Gasteiger partial charge on any atom is -0.493 e. The van der Waals surface area contributed by atoms with Crippen molar-refractivity contribution in [1.29, 1.82) is 0 Å². The highest BCUT2D eigenvalue weighted by Crippen LogP contribution is 2.35. The first-order chi connectivity index (χ1) is 9.17. The first kappa shape index (κ1) is 13.4. The van der Waals surface area contributed by atoms with Crippen molar-refractivity contribution in [2.45, 2.75) is 6.04 Å². The van der Waals surface area contributed by atoms with Crippen molar-refractivity contribution in [3.63, 3.8) is 0 Å². The predicted octanol–water partition coefficient (Wildman–Crippen LogP) is 2.89. The van der Waals surface area contributed by atoms with Crippen LogP contribution in [0.25, 0.3) is 0 Å². The molecular formula is C15H16FNO2. The highest BCUT2D eigenvalue weighted by molar-refractivity contribution is 5.50. The van der Waals surface area contributed by atoms with E-state index >= 15 is 0 Å². The molecule has 3 nitrogen and oxygen atoms in total. The number of rotatable bonds is 4. The molecule has 19 heavy (non-hydrogen) atoms. The van der Waals surface area contributed by atoms with Crippen LogP contribution in [-0.2, 0) is 0 Å². The molecule has 0 aliphatic heterocycles. The van der Waals surface area contributed by atoms with E-state index in [1.807, 2.05) is 12.1 Å². The van der Waals surface area contributed by atoms with E-state index in [-0.39, 0.29) is 5.82 Å². The van der Waals surface area contributed by atoms with Crippen LogP contribution >= 0.6 is 0 Å². The Kier molecular flexibility index (Phi) is 4.02. The average Bonchev–Trinajstić information content (AvgIpc) is 2.46. The third kappa shape index (κ3) is 2.69. The third-order valence-corrected chi connectivity index (χ3v) is 3.00. The van der Waals surface area contributed by atoms with Crippen LogP contribution in [-0.4, -0.2) is 14.2 Å².